The van der Waals surface area contributed by atoms with Gasteiger partial charge in [0, 0.05) is 23.7 Å². The first-order valence-electron chi connectivity index (χ1n) is 11.6. The topological polar surface area (TPSA) is 103 Å². The minimum absolute atomic E-state index is 0.101. The van der Waals surface area contributed by atoms with Gasteiger partial charge in [0.2, 0.25) is 0 Å². The summed E-state index contributed by atoms with van der Waals surface area (Å²) in [5, 5.41) is 14.4. The predicted octanol–water partition coefficient (Wildman–Crippen LogP) is 5.80. The molecule has 8 nitrogen and oxygen atoms in total. The maximum absolute atomic E-state index is 11.7. The molecule has 1 fully saturated rings. The Bertz CT molecular complexity index is 1330. The number of hydrogen-bond acceptors (Lipinski definition) is 5. The number of aromatic amines is 1. The summed E-state index contributed by atoms with van der Waals surface area (Å²) in [4.78, 5) is 26.1. The second kappa shape index (κ2) is 10.2. The highest BCUT2D eigenvalue weighted by Crippen LogP contribution is 2.27. The molecular formula is C26H26ClN5O3. The van der Waals surface area contributed by atoms with Crippen LogP contribution in [0.3, 0.4) is 0 Å². The number of carboxylic acid groups (broad SMARTS) is 1. The number of benzene rings is 2. The van der Waals surface area contributed by atoms with Crippen LogP contribution in [0.2, 0.25) is 5.02 Å². The molecule has 35 heavy (non-hydrogen) atoms. The number of hydrogen-bond donors (Lipinski definition) is 3. The van der Waals surface area contributed by atoms with E-state index in [1.807, 2.05) is 48.5 Å². The number of aromatic nitrogens is 3. The lowest BCUT2D eigenvalue weighted by Gasteiger charge is -2.33. The number of rotatable bonds is 7. The SMILES string of the molecule is O=C(O)N1CCCCC1CNc1nc(-c2ccccc2)nc2[nH]c(COc3cccc(Cl)c3)cc12. The molecule has 1 aliphatic heterocycles. The Labute approximate surface area is 207 Å². The quantitative estimate of drug-likeness (QED) is 0.302. The molecule has 3 N–H and O–H groups in total. The lowest BCUT2D eigenvalue weighted by Crippen LogP contribution is -2.46. The van der Waals surface area contributed by atoms with Crippen molar-refractivity contribution in [2.75, 3.05) is 18.4 Å². The second-order valence-corrected chi connectivity index (χ2v) is 9.01. The molecule has 3 heterocycles. The zero-order valence-corrected chi connectivity index (χ0v) is 19.8. The molecule has 1 saturated heterocycles. The maximum atomic E-state index is 11.7. The van der Waals surface area contributed by atoms with Crippen LogP contribution in [0, 0.1) is 0 Å². The van der Waals surface area contributed by atoms with Crippen molar-refractivity contribution in [2.24, 2.45) is 0 Å². The first-order chi connectivity index (χ1) is 17.1. The van der Waals surface area contributed by atoms with Crippen molar-refractivity contribution >= 4 is 34.5 Å². The zero-order chi connectivity index (χ0) is 24.2. The summed E-state index contributed by atoms with van der Waals surface area (Å²) in [7, 11) is 0. The standard InChI is InChI=1S/C26H26ClN5O3/c27-18-9-6-11-21(13-18)35-16-19-14-22-24(28-15-20-10-4-5-12-32(20)26(33)34)30-23(31-25(22)29-19)17-7-2-1-3-8-17/h1-3,6-9,11,13-14,20H,4-5,10,12,15-16H2,(H,33,34)(H2,28,29,30,31). The molecule has 5 rings (SSSR count). The zero-order valence-electron chi connectivity index (χ0n) is 19.1. The number of likely N-dealkylation sites (tertiary alicyclic amines) is 1. The molecule has 1 amide bonds. The van der Waals surface area contributed by atoms with Crippen LogP contribution in [0.15, 0.2) is 60.7 Å². The van der Waals surface area contributed by atoms with E-state index in [1.165, 1.54) is 4.90 Å². The van der Waals surface area contributed by atoms with Crippen LogP contribution in [0.5, 0.6) is 5.75 Å². The van der Waals surface area contributed by atoms with Crippen LogP contribution in [0.4, 0.5) is 10.6 Å². The molecule has 0 aliphatic carbocycles. The van der Waals surface area contributed by atoms with Crippen molar-refractivity contribution < 1.29 is 14.6 Å². The molecule has 0 radical (unpaired) electrons. The van der Waals surface area contributed by atoms with E-state index in [2.05, 4.69) is 10.3 Å². The van der Waals surface area contributed by atoms with Crippen molar-refractivity contribution in [3.8, 4) is 17.1 Å². The lowest BCUT2D eigenvalue weighted by atomic mass is 10.0. The summed E-state index contributed by atoms with van der Waals surface area (Å²) < 4.78 is 5.90. The van der Waals surface area contributed by atoms with Gasteiger partial charge in [-0.25, -0.2) is 14.8 Å². The normalized spacial score (nSPS) is 15.8. The number of fused-ring (bicyclic) bond motifs is 1. The summed E-state index contributed by atoms with van der Waals surface area (Å²) in [6, 6.07) is 18.9. The Kier molecular flexibility index (Phi) is 6.72. The molecule has 0 bridgehead atoms. The summed E-state index contributed by atoms with van der Waals surface area (Å²) in [5.74, 6) is 1.93. The molecule has 9 heteroatoms. The van der Waals surface area contributed by atoms with Crippen LogP contribution >= 0.6 is 11.6 Å². The number of ether oxygens (including phenoxy) is 1. The number of anilines is 1. The second-order valence-electron chi connectivity index (χ2n) is 8.57. The van der Waals surface area contributed by atoms with E-state index in [1.54, 1.807) is 12.1 Å². The Morgan fingerprint density at radius 2 is 2.00 bits per heavy atom. The number of carbonyl (C=O) groups is 1. The van der Waals surface area contributed by atoms with E-state index in [4.69, 9.17) is 26.3 Å². The third-order valence-electron chi connectivity index (χ3n) is 6.14. The van der Waals surface area contributed by atoms with E-state index >= 15 is 0 Å². The largest absolute Gasteiger partial charge is 0.487 e. The van der Waals surface area contributed by atoms with Crippen LogP contribution in [-0.4, -0.2) is 50.2 Å². The Hall–Kier alpha value is -3.78. The molecule has 2 aromatic heterocycles. The molecule has 1 unspecified atom stereocenters. The highest BCUT2D eigenvalue weighted by molar-refractivity contribution is 6.30. The first-order valence-corrected chi connectivity index (χ1v) is 12.0. The summed E-state index contributed by atoms with van der Waals surface area (Å²) in [6.45, 7) is 1.35. The van der Waals surface area contributed by atoms with Crippen molar-refractivity contribution in [3.05, 3.63) is 71.4 Å². The minimum Gasteiger partial charge on any atom is -0.487 e. The molecule has 1 aliphatic rings. The number of H-pyrrole nitrogens is 1. The minimum atomic E-state index is -0.878. The van der Waals surface area contributed by atoms with E-state index in [9.17, 15) is 9.90 Å². The highest BCUT2D eigenvalue weighted by atomic mass is 35.5. The van der Waals surface area contributed by atoms with Crippen LogP contribution in [-0.2, 0) is 6.61 Å². The third-order valence-corrected chi connectivity index (χ3v) is 6.38. The van der Waals surface area contributed by atoms with Gasteiger partial charge in [-0.15, -0.1) is 0 Å². The van der Waals surface area contributed by atoms with Gasteiger partial charge in [-0.3, -0.25) is 0 Å². The van der Waals surface area contributed by atoms with Gasteiger partial charge >= 0.3 is 6.09 Å². The summed E-state index contributed by atoms with van der Waals surface area (Å²) in [5.41, 5.74) is 2.42. The molecular weight excluding hydrogens is 466 g/mol. The van der Waals surface area contributed by atoms with Crippen molar-refractivity contribution in [2.45, 2.75) is 31.9 Å². The van der Waals surface area contributed by atoms with Crippen molar-refractivity contribution in [3.63, 3.8) is 0 Å². The van der Waals surface area contributed by atoms with Gasteiger partial charge < -0.3 is 25.0 Å². The fraction of sp³-hybridized carbons (Fsp3) is 0.269. The summed E-state index contributed by atoms with van der Waals surface area (Å²) in [6.07, 6.45) is 1.85. The van der Waals surface area contributed by atoms with Crippen molar-refractivity contribution in [1.29, 1.82) is 0 Å². The smallest absolute Gasteiger partial charge is 0.407 e. The van der Waals surface area contributed by atoms with Gasteiger partial charge in [0.25, 0.3) is 0 Å². The summed E-state index contributed by atoms with van der Waals surface area (Å²) >= 11 is 6.06. The van der Waals surface area contributed by atoms with Crippen LogP contribution < -0.4 is 10.1 Å². The number of piperidine rings is 1. The Balaban J connectivity index is 1.43. The lowest BCUT2D eigenvalue weighted by molar-refractivity contribution is 0.110. The van der Waals surface area contributed by atoms with Gasteiger partial charge in [0.15, 0.2) is 5.82 Å². The number of nitrogens with one attached hydrogen (secondary N) is 2. The van der Waals surface area contributed by atoms with Gasteiger partial charge in [-0.2, -0.15) is 0 Å². The average Bonchev–Trinajstić information content (AvgIpc) is 3.30. The number of halogens is 1. The number of nitrogens with zero attached hydrogens (tertiary/aromatic N) is 3. The van der Waals surface area contributed by atoms with E-state index in [-0.39, 0.29) is 6.04 Å². The molecule has 2 aromatic carbocycles. The Morgan fingerprint density at radius 3 is 2.80 bits per heavy atom. The van der Waals surface area contributed by atoms with E-state index in [0.29, 0.717) is 47.8 Å². The molecule has 0 saturated carbocycles. The monoisotopic (exact) mass is 491 g/mol. The molecule has 0 spiro atoms. The van der Waals surface area contributed by atoms with Gasteiger partial charge in [-0.05, 0) is 43.5 Å². The van der Waals surface area contributed by atoms with E-state index in [0.717, 1.165) is 35.9 Å². The number of amides is 1. The fourth-order valence-corrected chi connectivity index (χ4v) is 4.57. The molecule has 4 aromatic rings. The maximum Gasteiger partial charge on any atom is 0.407 e. The van der Waals surface area contributed by atoms with Gasteiger partial charge in [-0.1, -0.05) is 48.0 Å². The average molecular weight is 492 g/mol. The fourth-order valence-electron chi connectivity index (χ4n) is 4.39. The predicted molar refractivity (Wildman–Crippen MR) is 136 cm³/mol. The molecule has 1 atom stereocenters. The van der Waals surface area contributed by atoms with E-state index < -0.39 is 6.09 Å². The first kappa shape index (κ1) is 23.0. The van der Waals surface area contributed by atoms with Crippen LogP contribution in [0.25, 0.3) is 22.4 Å². The highest BCUT2D eigenvalue weighted by Gasteiger charge is 2.26. The Morgan fingerprint density at radius 1 is 1.14 bits per heavy atom. The van der Waals surface area contributed by atoms with Gasteiger partial charge in [0.1, 0.15) is 23.8 Å². The molecule has 180 valence electrons. The third kappa shape index (κ3) is 5.33. The van der Waals surface area contributed by atoms with Gasteiger partial charge in [0.05, 0.1) is 17.1 Å². The van der Waals surface area contributed by atoms with Crippen molar-refractivity contribution in [1.82, 2.24) is 19.9 Å². The van der Waals surface area contributed by atoms with Crippen LogP contribution in [0.1, 0.15) is 25.0 Å².